The van der Waals surface area contributed by atoms with E-state index >= 15 is 0 Å². The molecule has 4 nitrogen and oxygen atoms in total. The summed E-state index contributed by atoms with van der Waals surface area (Å²) in [4.78, 5) is 4.18. The molecule has 0 amide bonds. The number of aryl methyl sites for hydroxylation is 1. The standard InChI is InChI=1S/C11H12FN3OS/c1-2-3-10-14-11(17-15-10)16-7-4-5-9(13)8(12)6-7/h4-6H,2-3,13H2,1H3. The third-order valence-electron chi connectivity index (χ3n) is 2.10. The van der Waals surface area contributed by atoms with Crippen LogP contribution in [0.2, 0.25) is 0 Å². The van der Waals surface area contributed by atoms with Crippen LogP contribution in [0.3, 0.4) is 0 Å². The maximum absolute atomic E-state index is 13.2. The number of ether oxygens (including phenoxy) is 1. The number of rotatable bonds is 4. The van der Waals surface area contributed by atoms with Crippen LogP contribution in [0.25, 0.3) is 0 Å². The molecule has 1 heterocycles. The molecule has 0 aliphatic heterocycles. The van der Waals surface area contributed by atoms with Crippen molar-refractivity contribution in [1.82, 2.24) is 9.36 Å². The average molecular weight is 253 g/mol. The zero-order chi connectivity index (χ0) is 12.3. The van der Waals surface area contributed by atoms with Gasteiger partial charge in [0.2, 0.25) is 0 Å². The van der Waals surface area contributed by atoms with E-state index in [4.69, 9.17) is 10.5 Å². The van der Waals surface area contributed by atoms with Gasteiger partial charge in [-0.2, -0.15) is 9.36 Å². The van der Waals surface area contributed by atoms with Crippen LogP contribution in [-0.2, 0) is 6.42 Å². The van der Waals surface area contributed by atoms with Crippen molar-refractivity contribution in [3.05, 3.63) is 29.8 Å². The van der Waals surface area contributed by atoms with Crippen molar-refractivity contribution in [3.63, 3.8) is 0 Å². The highest BCUT2D eigenvalue weighted by Crippen LogP contribution is 2.25. The summed E-state index contributed by atoms with van der Waals surface area (Å²) >= 11 is 1.16. The number of aromatic nitrogens is 2. The van der Waals surface area contributed by atoms with Crippen LogP contribution in [-0.4, -0.2) is 9.36 Å². The summed E-state index contributed by atoms with van der Waals surface area (Å²) in [6, 6.07) is 4.29. The lowest BCUT2D eigenvalue weighted by molar-refractivity contribution is 0.472. The summed E-state index contributed by atoms with van der Waals surface area (Å²) in [5.74, 6) is 0.625. The van der Waals surface area contributed by atoms with Crippen LogP contribution in [0.5, 0.6) is 10.9 Å². The molecule has 0 fully saturated rings. The molecule has 0 atom stereocenters. The molecule has 2 N–H and O–H groups in total. The van der Waals surface area contributed by atoms with Crippen molar-refractivity contribution in [2.75, 3.05) is 5.73 Å². The fourth-order valence-electron chi connectivity index (χ4n) is 1.28. The fourth-order valence-corrected chi connectivity index (χ4v) is 1.87. The molecule has 1 aromatic heterocycles. The van der Waals surface area contributed by atoms with Gasteiger partial charge in [-0.25, -0.2) is 4.39 Å². The Hall–Kier alpha value is -1.69. The quantitative estimate of drug-likeness (QED) is 0.851. The van der Waals surface area contributed by atoms with E-state index in [1.165, 1.54) is 12.1 Å². The number of hydrogen-bond donors (Lipinski definition) is 1. The highest BCUT2D eigenvalue weighted by molar-refractivity contribution is 7.07. The first-order chi connectivity index (χ1) is 8.19. The smallest absolute Gasteiger partial charge is 0.298 e. The molecule has 0 saturated heterocycles. The lowest BCUT2D eigenvalue weighted by atomic mass is 10.3. The van der Waals surface area contributed by atoms with Gasteiger partial charge in [-0.1, -0.05) is 6.92 Å². The number of nitrogens with zero attached hydrogens (tertiary/aromatic N) is 2. The van der Waals surface area contributed by atoms with Crippen LogP contribution in [0.15, 0.2) is 18.2 Å². The number of hydrogen-bond acceptors (Lipinski definition) is 5. The zero-order valence-electron chi connectivity index (χ0n) is 9.31. The van der Waals surface area contributed by atoms with Crippen molar-refractivity contribution in [3.8, 4) is 10.9 Å². The van der Waals surface area contributed by atoms with Crippen LogP contribution < -0.4 is 10.5 Å². The summed E-state index contributed by atoms with van der Waals surface area (Å²) in [6.07, 6.45) is 1.79. The Morgan fingerprint density at radius 3 is 3.00 bits per heavy atom. The first-order valence-corrected chi connectivity index (χ1v) is 6.02. The number of anilines is 1. The molecule has 0 spiro atoms. The number of nitrogen functional groups attached to an aromatic ring is 1. The van der Waals surface area contributed by atoms with E-state index in [9.17, 15) is 4.39 Å². The van der Waals surface area contributed by atoms with E-state index < -0.39 is 5.82 Å². The maximum Gasteiger partial charge on any atom is 0.298 e. The van der Waals surface area contributed by atoms with E-state index in [0.717, 1.165) is 30.2 Å². The van der Waals surface area contributed by atoms with Crippen molar-refractivity contribution >= 4 is 17.2 Å². The van der Waals surface area contributed by atoms with Crippen LogP contribution in [0.1, 0.15) is 19.2 Å². The second kappa shape index (κ2) is 5.09. The maximum atomic E-state index is 13.2. The van der Waals surface area contributed by atoms with Crippen molar-refractivity contribution in [2.45, 2.75) is 19.8 Å². The Morgan fingerprint density at radius 2 is 2.29 bits per heavy atom. The van der Waals surface area contributed by atoms with Crippen molar-refractivity contribution in [1.29, 1.82) is 0 Å². The topological polar surface area (TPSA) is 61.0 Å². The van der Waals surface area contributed by atoms with Gasteiger partial charge in [0.1, 0.15) is 17.4 Å². The molecule has 0 unspecified atom stereocenters. The molecule has 0 aliphatic rings. The number of benzene rings is 1. The molecule has 0 aliphatic carbocycles. The van der Waals surface area contributed by atoms with Crippen molar-refractivity contribution in [2.24, 2.45) is 0 Å². The Morgan fingerprint density at radius 1 is 1.47 bits per heavy atom. The van der Waals surface area contributed by atoms with Gasteiger partial charge in [0.15, 0.2) is 0 Å². The normalized spacial score (nSPS) is 10.5. The van der Waals surface area contributed by atoms with E-state index in [1.807, 2.05) is 0 Å². The Labute approximate surface area is 102 Å². The Kier molecular flexibility index (Phi) is 3.53. The summed E-state index contributed by atoms with van der Waals surface area (Å²) in [5.41, 5.74) is 5.47. The summed E-state index contributed by atoms with van der Waals surface area (Å²) in [5, 5.41) is 0.414. The third kappa shape index (κ3) is 2.91. The second-order valence-corrected chi connectivity index (χ2v) is 4.23. The molecular formula is C11H12FN3OS. The highest BCUT2D eigenvalue weighted by Gasteiger charge is 2.07. The SMILES string of the molecule is CCCc1nsc(Oc2ccc(N)c(F)c2)n1. The van der Waals surface area contributed by atoms with E-state index in [-0.39, 0.29) is 5.69 Å². The highest BCUT2D eigenvalue weighted by atomic mass is 32.1. The van der Waals surface area contributed by atoms with E-state index in [0.29, 0.717) is 10.9 Å². The van der Waals surface area contributed by atoms with Gasteiger partial charge in [0, 0.05) is 24.0 Å². The first kappa shape index (κ1) is 11.8. The lowest BCUT2D eigenvalue weighted by Crippen LogP contribution is -1.91. The molecule has 6 heteroatoms. The van der Waals surface area contributed by atoms with Gasteiger partial charge in [0.25, 0.3) is 5.19 Å². The summed E-state index contributed by atoms with van der Waals surface area (Å²) in [7, 11) is 0. The molecule has 17 heavy (non-hydrogen) atoms. The molecule has 2 aromatic rings. The van der Waals surface area contributed by atoms with Crippen LogP contribution in [0.4, 0.5) is 10.1 Å². The third-order valence-corrected chi connectivity index (χ3v) is 2.73. The van der Waals surface area contributed by atoms with Gasteiger partial charge in [-0.15, -0.1) is 0 Å². The van der Waals surface area contributed by atoms with E-state index in [1.54, 1.807) is 6.07 Å². The summed E-state index contributed by atoms with van der Waals surface area (Å²) in [6.45, 7) is 2.05. The van der Waals surface area contributed by atoms with Gasteiger partial charge < -0.3 is 10.5 Å². The van der Waals surface area contributed by atoms with Gasteiger partial charge in [-0.3, -0.25) is 0 Å². The molecule has 2 rings (SSSR count). The second-order valence-electron chi connectivity index (χ2n) is 3.51. The van der Waals surface area contributed by atoms with Gasteiger partial charge in [0.05, 0.1) is 5.69 Å². The molecule has 0 radical (unpaired) electrons. The van der Waals surface area contributed by atoms with Gasteiger partial charge in [-0.05, 0) is 18.6 Å². The fraction of sp³-hybridized carbons (Fsp3) is 0.273. The minimum Gasteiger partial charge on any atom is -0.430 e. The van der Waals surface area contributed by atoms with E-state index in [2.05, 4.69) is 16.3 Å². The molecule has 90 valence electrons. The van der Waals surface area contributed by atoms with Crippen molar-refractivity contribution < 1.29 is 9.13 Å². The molecule has 0 saturated carbocycles. The minimum absolute atomic E-state index is 0.0984. The number of nitrogens with two attached hydrogens (primary N) is 1. The molecular weight excluding hydrogens is 241 g/mol. The van der Waals surface area contributed by atoms with Crippen LogP contribution in [0, 0.1) is 5.82 Å². The Bertz CT molecular complexity index is 515. The molecule has 1 aromatic carbocycles. The lowest BCUT2D eigenvalue weighted by Gasteiger charge is -2.02. The first-order valence-electron chi connectivity index (χ1n) is 5.24. The molecule has 0 bridgehead atoms. The Balaban J connectivity index is 2.11. The number of halogens is 1. The van der Waals surface area contributed by atoms with Gasteiger partial charge >= 0.3 is 0 Å². The summed E-state index contributed by atoms with van der Waals surface area (Å²) < 4.78 is 22.7. The predicted molar refractivity (Wildman–Crippen MR) is 64.8 cm³/mol. The minimum atomic E-state index is -0.499. The largest absolute Gasteiger partial charge is 0.430 e. The monoisotopic (exact) mass is 253 g/mol. The average Bonchev–Trinajstić information content (AvgIpc) is 2.72. The predicted octanol–water partition coefficient (Wildman–Crippen LogP) is 3.00. The van der Waals surface area contributed by atoms with Crippen LogP contribution >= 0.6 is 11.5 Å². The zero-order valence-corrected chi connectivity index (χ0v) is 10.1.